The first kappa shape index (κ1) is 18.0. The average Bonchev–Trinajstić information content (AvgIpc) is 3.17. The summed E-state index contributed by atoms with van der Waals surface area (Å²) in [5, 5.41) is 3.20. The summed E-state index contributed by atoms with van der Waals surface area (Å²) in [5.41, 5.74) is 0.0227. The van der Waals surface area contributed by atoms with Crippen LogP contribution in [0.5, 0.6) is 0 Å². The van der Waals surface area contributed by atoms with E-state index in [0.717, 1.165) is 17.4 Å². The third-order valence-electron chi connectivity index (χ3n) is 7.66. The lowest BCUT2D eigenvalue weighted by atomic mass is 9.69. The van der Waals surface area contributed by atoms with Gasteiger partial charge in [-0.25, -0.2) is 9.78 Å². The van der Waals surface area contributed by atoms with Crippen LogP contribution in [-0.2, 0) is 25.4 Å². The number of carbonyl (C=O) groups excluding carboxylic acids is 1. The third kappa shape index (κ3) is 2.28. The Bertz CT molecular complexity index is 1060. The van der Waals surface area contributed by atoms with E-state index < -0.39 is 11.2 Å². The first-order valence-electron chi connectivity index (χ1n) is 9.48. The van der Waals surface area contributed by atoms with Crippen LogP contribution in [0.2, 0.25) is 0 Å². The minimum Gasteiger partial charge on any atom is -0.351 e. The lowest BCUT2D eigenvalue weighted by Crippen LogP contribution is -2.47. The normalized spacial score (nSPS) is 28.8. The van der Waals surface area contributed by atoms with Gasteiger partial charge in [0.05, 0.1) is 6.33 Å². The molecular formula is C19H27N5O3. The molecule has 2 heterocycles. The Labute approximate surface area is 157 Å². The van der Waals surface area contributed by atoms with E-state index in [1.807, 2.05) is 0 Å². The van der Waals surface area contributed by atoms with Crippen molar-refractivity contribution in [2.24, 2.45) is 30.8 Å². The van der Waals surface area contributed by atoms with Crippen LogP contribution in [0.3, 0.4) is 0 Å². The number of aryl methyl sites for hydroxylation is 1. The molecule has 2 aromatic heterocycles. The van der Waals surface area contributed by atoms with Gasteiger partial charge in [0.25, 0.3) is 5.56 Å². The van der Waals surface area contributed by atoms with Gasteiger partial charge >= 0.3 is 5.69 Å². The summed E-state index contributed by atoms with van der Waals surface area (Å²) in [4.78, 5) is 41.5. The lowest BCUT2D eigenvalue weighted by Gasteiger charge is -2.39. The Balaban J connectivity index is 1.60. The molecule has 8 nitrogen and oxygen atoms in total. The highest BCUT2D eigenvalue weighted by Gasteiger charge is 2.61. The van der Waals surface area contributed by atoms with Crippen molar-refractivity contribution in [3.8, 4) is 0 Å². The van der Waals surface area contributed by atoms with Crippen LogP contribution in [0.25, 0.3) is 11.2 Å². The van der Waals surface area contributed by atoms with E-state index in [4.69, 9.17) is 0 Å². The summed E-state index contributed by atoms with van der Waals surface area (Å²) in [7, 11) is 3.00. The van der Waals surface area contributed by atoms with Gasteiger partial charge in [-0.2, -0.15) is 0 Å². The van der Waals surface area contributed by atoms with Crippen LogP contribution >= 0.6 is 0 Å². The van der Waals surface area contributed by atoms with Crippen molar-refractivity contribution in [2.75, 3.05) is 0 Å². The second-order valence-electron chi connectivity index (χ2n) is 8.98. The monoisotopic (exact) mass is 373 g/mol. The first-order valence-corrected chi connectivity index (χ1v) is 9.48. The molecule has 3 unspecified atom stereocenters. The molecule has 2 saturated carbocycles. The first-order chi connectivity index (χ1) is 12.6. The molecule has 0 spiro atoms. The van der Waals surface area contributed by atoms with Gasteiger partial charge in [0.2, 0.25) is 5.91 Å². The van der Waals surface area contributed by atoms with E-state index in [1.165, 1.54) is 28.9 Å². The van der Waals surface area contributed by atoms with E-state index in [2.05, 4.69) is 31.1 Å². The summed E-state index contributed by atoms with van der Waals surface area (Å²) >= 11 is 0. The number of hydrogen-bond donors (Lipinski definition) is 1. The van der Waals surface area contributed by atoms with Crippen LogP contribution in [0, 0.1) is 16.7 Å². The largest absolute Gasteiger partial charge is 0.351 e. The second kappa shape index (κ2) is 5.56. The number of aromatic nitrogens is 4. The molecule has 2 fully saturated rings. The fourth-order valence-electron chi connectivity index (χ4n) is 5.33. The van der Waals surface area contributed by atoms with E-state index >= 15 is 0 Å². The van der Waals surface area contributed by atoms with Gasteiger partial charge in [-0.15, -0.1) is 0 Å². The molecule has 2 aromatic rings. The Morgan fingerprint density at radius 1 is 1.26 bits per heavy atom. The van der Waals surface area contributed by atoms with Crippen molar-refractivity contribution in [1.29, 1.82) is 0 Å². The third-order valence-corrected chi connectivity index (χ3v) is 7.66. The number of rotatable bonds is 3. The maximum atomic E-state index is 12.8. The molecule has 4 rings (SSSR count). The number of nitrogens with one attached hydrogen (secondary N) is 1. The molecule has 0 radical (unpaired) electrons. The number of amides is 1. The maximum Gasteiger partial charge on any atom is 0.332 e. The van der Waals surface area contributed by atoms with Gasteiger partial charge in [0.15, 0.2) is 11.2 Å². The molecule has 2 aliphatic carbocycles. The highest BCUT2D eigenvalue weighted by molar-refractivity contribution is 5.79. The fourth-order valence-corrected chi connectivity index (χ4v) is 5.33. The summed E-state index contributed by atoms with van der Waals surface area (Å²) < 4.78 is 3.90. The molecule has 3 atom stereocenters. The summed E-state index contributed by atoms with van der Waals surface area (Å²) in [5.74, 6) is 0.517. The van der Waals surface area contributed by atoms with Crippen LogP contribution in [0.15, 0.2) is 15.9 Å². The molecule has 0 aliphatic heterocycles. The molecule has 1 amide bonds. The van der Waals surface area contributed by atoms with Crippen molar-refractivity contribution < 1.29 is 4.79 Å². The van der Waals surface area contributed by atoms with Gasteiger partial charge in [0, 0.05) is 20.1 Å². The predicted octanol–water partition coefficient (Wildman–Crippen LogP) is 0.765. The zero-order chi connectivity index (χ0) is 19.7. The summed E-state index contributed by atoms with van der Waals surface area (Å²) in [6.07, 6.45) is 4.83. The Morgan fingerprint density at radius 2 is 1.96 bits per heavy atom. The highest BCUT2D eigenvalue weighted by Crippen LogP contribution is 2.65. The van der Waals surface area contributed by atoms with Crippen molar-refractivity contribution >= 4 is 17.1 Å². The van der Waals surface area contributed by atoms with E-state index in [9.17, 15) is 14.4 Å². The number of carbonyl (C=O) groups is 1. The zero-order valence-electron chi connectivity index (χ0n) is 16.6. The molecule has 1 N–H and O–H groups in total. The van der Waals surface area contributed by atoms with Crippen molar-refractivity contribution in [2.45, 2.75) is 52.6 Å². The van der Waals surface area contributed by atoms with Gasteiger partial charge in [-0.1, -0.05) is 20.8 Å². The molecule has 146 valence electrons. The van der Waals surface area contributed by atoms with Crippen molar-refractivity contribution in [3.63, 3.8) is 0 Å². The predicted molar refractivity (Wildman–Crippen MR) is 101 cm³/mol. The van der Waals surface area contributed by atoms with E-state index in [0.29, 0.717) is 11.6 Å². The van der Waals surface area contributed by atoms with Crippen LogP contribution < -0.4 is 16.6 Å². The van der Waals surface area contributed by atoms with Gasteiger partial charge in [-0.3, -0.25) is 18.7 Å². The number of nitrogens with zero attached hydrogens (tertiary/aromatic N) is 4. The quantitative estimate of drug-likeness (QED) is 0.860. The lowest BCUT2D eigenvalue weighted by molar-refractivity contribution is -0.123. The Morgan fingerprint density at radius 3 is 2.56 bits per heavy atom. The number of fused-ring (bicyclic) bond motifs is 3. The second-order valence-corrected chi connectivity index (χ2v) is 8.98. The molecule has 27 heavy (non-hydrogen) atoms. The van der Waals surface area contributed by atoms with Gasteiger partial charge in [-0.05, 0) is 36.0 Å². The minimum atomic E-state index is -0.439. The average molecular weight is 373 g/mol. The van der Waals surface area contributed by atoms with Crippen molar-refractivity contribution in [1.82, 2.24) is 24.0 Å². The highest BCUT2D eigenvalue weighted by atomic mass is 16.2. The van der Waals surface area contributed by atoms with Crippen LogP contribution in [-0.4, -0.2) is 30.6 Å². The zero-order valence-corrected chi connectivity index (χ0v) is 16.6. The van der Waals surface area contributed by atoms with Crippen LogP contribution in [0.4, 0.5) is 0 Å². The van der Waals surface area contributed by atoms with Crippen molar-refractivity contribution in [3.05, 3.63) is 27.2 Å². The maximum absolute atomic E-state index is 12.8. The number of imidazole rings is 1. The van der Waals surface area contributed by atoms with E-state index in [-0.39, 0.29) is 34.8 Å². The fraction of sp³-hybridized carbons (Fsp3) is 0.684. The minimum absolute atomic E-state index is 0.0155. The molecule has 0 aromatic carbocycles. The molecule has 2 bridgehead atoms. The Kier molecular flexibility index (Phi) is 3.71. The molecular weight excluding hydrogens is 346 g/mol. The van der Waals surface area contributed by atoms with Gasteiger partial charge < -0.3 is 9.88 Å². The van der Waals surface area contributed by atoms with E-state index in [1.54, 1.807) is 7.05 Å². The SMILES string of the molecule is Cn1c(=O)c2c(ncn2CC(=O)NC2CC3CCC2(C)C3(C)C)n(C)c1=O. The summed E-state index contributed by atoms with van der Waals surface area (Å²) in [6, 6.07) is 0.153. The smallest absolute Gasteiger partial charge is 0.332 e. The molecule has 8 heteroatoms. The standard InChI is InChI=1S/C19H27N5O3/c1-18(2)11-6-7-19(18,3)12(8-11)21-13(25)9-24-10-20-15-14(24)16(26)23(5)17(27)22(15)4/h10-12H,6-9H2,1-5H3,(H,21,25). The summed E-state index contributed by atoms with van der Waals surface area (Å²) in [6.45, 7) is 6.92. The van der Waals surface area contributed by atoms with Gasteiger partial charge in [0.1, 0.15) is 6.54 Å². The molecule has 0 saturated heterocycles. The molecule has 2 aliphatic rings. The topological polar surface area (TPSA) is 90.9 Å². The Hall–Kier alpha value is -2.38. The van der Waals surface area contributed by atoms with Crippen LogP contribution in [0.1, 0.15) is 40.0 Å². The number of hydrogen-bond acceptors (Lipinski definition) is 4.